The van der Waals surface area contributed by atoms with Gasteiger partial charge in [0.25, 0.3) is 0 Å². The number of benzene rings is 1. The minimum absolute atomic E-state index is 0.356. The van der Waals surface area contributed by atoms with Gasteiger partial charge in [0.05, 0.1) is 0 Å². The highest BCUT2D eigenvalue weighted by molar-refractivity contribution is 5.98. The summed E-state index contributed by atoms with van der Waals surface area (Å²) in [4.78, 5) is 29.2. The zero-order valence-electron chi connectivity index (χ0n) is 18.1. The average Bonchev–Trinajstić information content (AvgIpc) is 3.45. The summed E-state index contributed by atoms with van der Waals surface area (Å²) in [5.74, 6) is 0.582. The molecule has 0 bridgehead atoms. The quantitative estimate of drug-likeness (QED) is 0.683. The van der Waals surface area contributed by atoms with Gasteiger partial charge in [-0.05, 0) is 64.7 Å². The second-order valence-electron chi connectivity index (χ2n) is 9.34. The molecule has 160 valence electrons. The number of nitrogens with zero attached hydrogens (tertiary/aromatic N) is 2. The van der Waals surface area contributed by atoms with E-state index in [2.05, 4.69) is 37.9 Å². The van der Waals surface area contributed by atoms with Crippen LogP contribution < -0.4 is 20.9 Å². The summed E-state index contributed by atoms with van der Waals surface area (Å²) in [6.45, 7) is 12.9. The van der Waals surface area contributed by atoms with Crippen LogP contribution in [0.4, 0.5) is 16.2 Å². The van der Waals surface area contributed by atoms with Crippen molar-refractivity contribution >= 4 is 23.3 Å². The molecule has 1 aliphatic carbocycles. The lowest BCUT2D eigenvalue weighted by atomic mass is 10.1. The number of hydrogen-bond donors (Lipinski definition) is 3. The summed E-state index contributed by atoms with van der Waals surface area (Å²) in [5.41, 5.74) is 1.65. The second kappa shape index (κ2) is 9.03. The first-order chi connectivity index (χ1) is 13.7. The summed E-state index contributed by atoms with van der Waals surface area (Å²) in [6.07, 6.45) is 2.80. The van der Waals surface area contributed by atoms with E-state index in [0.717, 1.165) is 37.8 Å². The van der Waals surface area contributed by atoms with Crippen molar-refractivity contribution in [1.29, 1.82) is 0 Å². The Hall–Kier alpha value is -2.28. The van der Waals surface area contributed by atoms with Gasteiger partial charge in [-0.2, -0.15) is 0 Å². The molecule has 1 unspecified atom stereocenters. The van der Waals surface area contributed by atoms with Crippen LogP contribution in [0.25, 0.3) is 0 Å². The number of rotatable bonds is 6. The molecule has 0 radical (unpaired) electrons. The van der Waals surface area contributed by atoms with E-state index in [1.807, 2.05) is 32.9 Å². The van der Waals surface area contributed by atoms with Crippen molar-refractivity contribution in [2.24, 2.45) is 5.92 Å². The summed E-state index contributed by atoms with van der Waals surface area (Å²) in [6, 6.07) is 7.15. The fraction of sp³-hybridized carbons (Fsp3) is 0.636. The van der Waals surface area contributed by atoms with E-state index in [-0.39, 0.29) is 5.91 Å². The number of urea groups is 1. The van der Waals surface area contributed by atoms with E-state index in [1.165, 1.54) is 25.1 Å². The van der Waals surface area contributed by atoms with Crippen molar-refractivity contribution in [3.8, 4) is 0 Å². The van der Waals surface area contributed by atoms with Crippen LogP contribution in [0.2, 0.25) is 0 Å². The molecule has 3 amide bonds. The molecule has 0 aromatic heterocycles. The minimum Gasteiger partial charge on any atom is -0.374 e. The van der Waals surface area contributed by atoms with Gasteiger partial charge in [-0.1, -0.05) is 6.07 Å². The van der Waals surface area contributed by atoms with Gasteiger partial charge >= 0.3 is 6.03 Å². The maximum Gasteiger partial charge on any atom is 0.321 e. The molecule has 1 atom stereocenters. The fourth-order valence-electron chi connectivity index (χ4n) is 3.55. The molecule has 1 aromatic carbocycles. The normalized spacial score (nSPS) is 18.8. The Morgan fingerprint density at radius 3 is 2.45 bits per heavy atom. The molecular weight excluding hydrogens is 366 g/mol. The van der Waals surface area contributed by atoms with Crippen molar-refractivity contribution < 1.29 is 9.59 Å². The standard InChI is InChI=1S/C22H35N5O2/c1-16(20(28)24-21(29)25-22(2,3)4)23-18-6-5-7-19(14-18)27-12-10-26(11-13-27)15-17-8-9-17/h5-7,14,16-17,23H,8-13,15H2,1-4H3,(H2,24,25,28,29). The number of amides is 3. The van der Waals surface area contributed by atoms with Crippen LogP contribution in [0.3, 0.4) is 0 Å². The highest BCUT2D eigenvalue weighted by atomic mass is 16.2. The van der Waals surface area contributed by atoms with E-state index in [9.17, 15) is 9.59 Å². The number of anilines is 2. The zero-order valence-corrected chi connectivity index (χ0v) is 18.1. The fourth-order valence-corrected chi connectivity index (χ4v) is 3.55. The van der Waals surface area contributed by atoms with Gasteiger partial charge in [-0.3, -0.25) is 15.0 Å². The van der Waals surface area contributed by atoms with Crippen molar-refractivity contribution in [3.63, 3.8) is 0 Å². The molecule has 3 N–H and O–H groups in total. The van der Waals surface area contributed by atoms with Crippen LogP contribution in [-0.4, -0.2) is 61.1 Å². The first-order valence-electron chi connectivity index (χ1n) is 10.7. The lowest BCUT2D eigenvalue weighted by molar-refractivity contribution is -0.120. The molecule has 2 aliphatic rings. The SMILES string of the molecule is CC(Nc1cccc(N2CCN(CC3CC3)CC2)c1)C(=O)NC(=O)NC(C)(C)C. The van der Waals surface area contributed by atoms with Crippen LogP contribution in [0.5, 0.6) is 0 Å². The van der Waals surface area contributed by atoms with Crippen LogP contribution >= 0.6 is 0 Å². The van der Waals surface area contributed by atoms with Crippen LogP contribution in [-0.2, 0) is 4.79 Å². The summed E-state index contributed by atoms with van der Waals surface area (Å²) < 4.78 is 0. The Kier molecular flexibility index (Phi) is 6.67. The van der Waals surface area contributed by atoms with E-state index in [0.29, 0.717) is 0 Å². The Balaban J connectivity index is 1.50. The monoisotopic (exact) mass is 401 g/mol. The summed E-state index contributed by atoms with van der Waals surface area (Å²) in [7, 11) is 0. The predicted molar refractivity (Wildman–Crippen MR) is 117 cm³/mol. The smallest absolute Gasteiger partial charge is 0.321 e. The highest BCUT2D eigenvalue weighted by Crippen LogP contribution is 2.30. The van der Waals surface area contributed by atoms with E-state index >= 15 is 0 Å². The third-order valence-corrected chi connectivity index (χ3v) is 5.30. The van der Waals surface area contributed by atoms with Crippen LogP contribution in [0.1, 0.15) is 40.5 Å². The van der Waals surface area contributed by atoms with Crippen LogP contribution in [0.15, 0.2) is 24.3 Å². The van der Waals surface area contributed by atoms with E-state index in [1.54, 1.807) is 6.92 Å². The molecule has 2 fully saturated rings. The van der Waals surface area contributed by atoms with Crippen molar-refractivity contribution in [2.75, 3.05) is 42.9 Å². The van der Waals surface area contributed by atoms with Gasteiger partial charge < -0.3 is 15.5 Å². The van der Waals surface area contributed by atoms with Gasteiger partial charge in [-0.25, -0.2) is 4.79 Å². The number of carbonyl (C=O) groups excluding carboxylic acids is 2. The molecule has 1 saturated heterocycles. The van der Waals surface area contributed by atoms with E-state index in [4.69, 9.17) is 0 Å². The zero-order chi connectivity index (χ0) is 21.0. The second-order valence-corrected chi connectivity index (χ2v) is 9.34. The first kappa shape index (κ1) is 21.4. The van der Waals surface area contributed by atoms with E-state index < -0.39 is 17.6 Å². The molecule has 7 nitrogen and oxygen atoms in total. The first-order valence-corrected chi connectivity index (χ1v) is 10.7. The maximum absolute atomic E-state index is 12.3. The van der Waals surface area contributed by atoms with Gasteiger partial charge in [0.15, 0.2) is 0 Å². The largest absolute Gasteiger partial charge is 0.374 e. The summed E-state index contributed by atoms with van der Waals surface area (Å²) in [5, 5.41) is 8.33. The Labute approximate surface area is 174 Å². The number of nitrogens with one attached hydrogen (secondary N) is 3. The Morgan fingerprint density at radius 2 is 1.83 bits per heavy atom. The molecule has 0 spiro atoms. The molecule has 3 rings (SSSR count). The van der Waals surface area contributed by atoms with Gasteiger partial charge in [-0.15, -0.1) is 0 Å². The van der Waals surface area contributed by atoms with Crippen molar-refractivity contribution in [3.05, 3.63) is 24.3 Å². The Bertz CT molecular complexity index is 718. The molecule has 1 saturated carbocycles. The number of carbonyl (C=O) groups is 2. The van der Waals surface area contributed by atoms with Crippen LogP contribution in [0, 0.1) is 5.92 Å². The summed E-state index contributed by atoms with van der Waals surface area (Å²) >= 11 is 0. The lowest BCUT2D eigenvalue weighted by Crippen LogP contribution is -2.51. The predicted octanol–water partition coefficient (Wildman–Crippen LogP) is 2.64. The van der Waals surface area contributed by atoms with Gasteiger partial charge in [0, 0.05) is 49.6 Å². The highest BCUT2D eigenvalue weighted by Gasteiger charge is 2.26. The average molecular weight is 402 g/mol. The maximum atomic E-state index is 12.3. The number of hydrogen-bond acceptors (Lipinski definition) is 5. The van der Waals surface area contributed by atoms with Crippen molar-refractivity contribution in [1.82, 2.24) is 15.5 Å². The topological polar surface area (TPSA) is 76.7 Å². The molecule has 7 heteroatoms. The number of imide groups is 1. The van der Waals surface area contributed by atoms with Gasteiger partial charge in [0.1, 0.15) is 6.04 Å². The minimum atomic E-state index is -0.522. The lowest BCUT2D eigenvalue weighted by Gasteiger charge is -2.36. The third-order valence-electron chi connectivity index (χ3n) is 5.30. The third kappa shape index (κ3) is 6.92. The molecular formula is C22H35N5O2. The molecule has 29 heavy (non-hydrogen) atoms. The Morgan fingerprint density at radius 1 is 1.14 bits per heavy atom. The molecule has 1 aliphatic heterocycles. The van der Waals surface area contributed by atoms with Gasteiger partial charge in [0.2, 0.25) is 5.91 Å². The van der Waals surface area contributed by atoms with Crippen molar-refractivity contribution in [2.45, 2.75) is 52.1 Å². The molecule has 1 aromatic rings. The molecule has 1 heterocycles. The number of piperazine rings is 1.